The van der Waals surface area contributed by atoms with E-state index in [4.69, 9.17) is 4.52 Å². The molecule has 4 aliphatic rings. The van der Waals surface area contributed by atoms with Crippen molar-refractivity contribution in [3.63, 3.8) is 0 Å². The molecule has 3 aromatic heterocycles. The van der Waals surface area contributed by atoms with E-state index in [1.165, 1.54) is 6.42 Å². The number of hydrogen-bond donors (Lipinski definition) is 3. The second-order valence-corrected chi connectivity index (χ2v) is 11.4. The fourth-order valence-electron chi connectivity index (χ4n) is 7.29. The van der Waals surface area contributed by atoms with Crippen LogP contribution in [0, 0.1) is 17.8 Å². The number of carbonyl (C=O) groups is 1. The van der Waals surface area contributed by atoms with Crippen molar-refractivity contribution in [2.24, 2.45) is 17.8 Å². The van der Waals surface area contributed by atoms with Crippen LogP contribution in [0.3, 0.4) is 0 Å². The zero-order valence-corrected chi connectivity index (χ0v) is 20.6. The number of anilines is 1. The molecule has 4 fully saturated rings. The van der Waals surface area contributed by atoms with Crippen LogP contribution in [0.2, 0.25) is 0 Å². The first-order valence-electron chi connectivity index (χ1n) is 13.2. The highest BCUT2D eigenvalue weighted by Gasteiger charge is 2.53. The van der Waals surface area contributed by atoms with E-state index >= 15 is 0 Å². The lowest BCUT2D eigenvalue weighted by Gasteiger charge is -2.56. The van der Waals surface area contributed by atoms with E-state index in [0.717, 1.165) is 61.9 Å². The van der Waals surface area contributed by atoms with Gasteiger partial charge in [0.15, 0.2) is 0 Å². The van der Waals surface area contributed by atoms with Crippen molar-refractivity contribution in [1.29, 1.82) is 0 Å². The van der Waals surface area contributed by atoms with E-state index in [2.05, 4.69) is 37.4 Å². The van der Waals surface area contributed by atoms with Gasteiger partial charge in [0.25, 0.3) is 17.6 Å². The highest BCUT2D eigenvalue weighted by molar-refractivity contribution is 5.97. The van der Waals surface area contributed by atoms with Crippen LogP contribution in [0.4, 0.5) is 5.69 Å². The SMILES string of the molecule is CN1CCN(C(=O)c2noc(-c3cnc4[nH]ccc4c3N[C@@H]3CC4CCC5CC3C[C@]4(O)C5)n2)CC1. The highest BCUT2D eigenvalue weighted by Crippen LogP contribution is 2.55. The van der Waals surface area contributed by atoms with Crippen molar-refractivity contribution in [2.75, 3.05) is 38.5 Å². The molecule has 0 aromatic carbocycles. The molecule has 3 bridgehead atoms. The van der Waals surface area contributed by atoms with Crippen LogP contribution in [-0.2, 0) is 0 Å². The number of nitrogens with zero attached hydrogens (tertiary/aromatic N) is 5. The molecule has 1 aliphatic heterocycles. The van der Waals surface area contributed by atoms with Gasteiger partial charge in [-0.15, -0.1) is 0 Å². The van der Waals surface area contributed by atoms with Crippen LogP contribution in [0.1, 0.15) is 49.1 Å². The summed E-state index contributed by atoms with van der Waals surface area (Å²) in [5, 5.41) is 20.2. The number of H-pyrrole nitrogens is 1. The van der Waals surface area contributed by atoms with Crippen molar-refractivity contribution < 1.29 is 14.4 Å². The van der Waals surface area contributed by atoms with Crippen molar-refractivity contribution >= 4 is 22.6 Å². The minimum Gasteiger partial charge on any atom is -0.390 e. The topological polar surface area (TPSA) is 123 Å². The average Bonchev–Trinajstić information content (AvgIpc) is 3.54. The summed E-state index contributed by atoms with van der Waals surface area (Å²) in [5.41, 5.74) is 1.90. The first-order valence-corrected chi connectivity index (χ1v) is 13.2. The number of fused-ring (bicyclic) bond motifs is 3. The van der Waals surface area contributed by atoms with Gasteiger partial charge in [-0.25, -0.2) is 4.98 Å². The normalized spacial score (nSPS) is 32.2. The summed E-state index contributed by atoms with van der Waals surface area (Å²) < 4.78 is 5.64. The van der Waals surface area contributed by atoms with Crippen molar-refractivity contribution in [1.82, 2.24) is 29.9 Å². The molecule has 3 N–H and O–H groups in total. The van der Waals surface area contributed by atoms with Crippen LogP contribution in [0.5, 0.6) is 0 Å². The van der Waals surface area contributed by atoms with Crippen LogP contribution in [0.15, 0.2) is 23.0 Å². The van der Waals surface area contributed by atoms with Crippen molar-refractivity contribution in [3.05, 3.63) is 24.3 Å². The number of carbonyl (C=O) groups excluding carboxylic acids is 1. The first kappa shape index (κ1) is 22.2. The number of aromatic nitrogens is 4. The van der Waals surface area contributed by atoms with E-state index in [1.807, 2.05) is 12.3 Å². The van der Waals surface area contributed by atoms with E-state index in [0.29, 0.717) is 42.3 Å². The number of rotatable bonds is 4. The van der Waals surface area contributed by atoms with Gasteiger partial charge in [-0.2, -0.15) is 4.98 Å². The molecular formula is C26H33N7O3. The molecule has 1 amide bonds. The number of nitrogens with one attached hydrogen (secondary N) is 2. The average molecular weight is 492 g/mol. The van der Waals surface area contributed by atoms with Gasteiger partial charge in [0, 0.05) is 50.0 Å². The first-order chi connectivity index (χ1) is 17.5. The summed E-state index contributed by atoms with van der Waals surface area (Å²) >= 11 is 0. The second-order valence-electron chi connectivity index (χ2n) is 11.4. The van der Waals surface area contributed by atoms with E-state index < -0.39 is 5.60 Å². The third kappa shape index (κ3) is 3.61. The Hall–Kier alpha value is -2.98. The Morgan fingerprint density at radius 3 is 2.94 bits per heavy atom. The molecule has 7 rings (SSSR count). The maximum atomic E-state index is 13.0. The largest absolute Gasteiger partial charge is 0.390 e. The molecule has 0 radical (unpaired) electrons. The lowest BCUT2D eigenvalue weighted by atomic mass is 9.53. The summed E-state index contributed by atoms with van der Waals surface area (Å²) in [7, 11) is 2.05. The predicted octanol–water partition coefficient (Wildman–Crippen LogP) is 2.74. The summed E-state index contributed by atoms with van der Waals surface area (Å²) in [6.07, 6.45) is 9.92. The van der Waals surface area contributed by atoms with Gasteiger partial charge < -0.3 is 29.7 Å². The molecular weight excluding hydrogens is 458 g/mol. The van der Waals surface area contributed by atoms with Gasteiger partial charge in [0.05, 0.1) is 16.9 Å². The molecule has 190 valence electrons. The fraction of sp³-hybridized carbons (Fsp3) is 0.615. The number of likely N-dealkylation sites (N-methyl/N-ethyl adjacent to an activating group) is 1. The predicted molar refractivity (Wildman–Crippen MR) is 133 cm³/mol. The Kier molecular flexibility index (Phi) is 5.11. The molecule has 3 saturated carbocycles. The van der Waals surface area contributed by atoms with Crippen molar-refractivity contribution in [2.45, 2.75) is 50.2 Å². The van der Waals surface area contributed by atoms with Gasteiger partial charge >= 0.3 is 0 Å². The molecule has 4 heterocycles. The third-order valence-corrected chi connectivity index (χ3v) is 9.24. The molecule has 10 heteroatoms. The minimum atomic E-state index is -0.487. The zero-order valence-electron chi connectivity index (χ0n) is 20.6. The lowest BCUT2D eigenvalue weighted by Crippen LogP contribution is -2.57. The molecule has 0 spiro atoms. The standard InChI is InChI=1S/C26H33N7O3/c1-32-6-8-33(9-7-32)25(34)23-30-24(36-31-23)19-14-28-22-18(4-5-27-22)21(19)29-20-11-17-3-2-15-10-16(20)13-26(17,35)12-15/h4-5,14-17,20,35H,2-3,6-13H2,1H3,(H2,27,28,29)/t15?,16?,17?,20-,26-/m1/s1. The molecule has 1 saturated heterocycles. The van der Waals surface area contributed by atoms with E-state index in [9.17, 15) is 9.90 Å². The number of aliphatic hydroxyl groups is 1. The molecule has 3 aliphatic carbocycles. The van der Waals surface area contributed by atoms with Gasteiger partial charge in [0.2, 0.25) is 0 Å². The number of hydrogen-bond acceptors (Lipinski definition) is 8. The molecule has 36 heavy (non-hydrogen) atoms. The zero-order chi connectivity index (χ0) is 24.4. The van der Waals surface area contributed by atoms with Gasteiger partial charge in [-0.3, -0.25) is 4.79 Å². The molecule has 5 atom stereocenters. The Morgan fingerprint density at radius 2 is 2.08 bits per heavy atom. The lowest BCUT2D eigenvalue weighted by molar-refractivity contribution is -0.139. The van der Waals surface area contributed by atoms with Gasteiger partial charge in [0.1, 0.15) is 5.65 Å². The van der Waals surface area contributed by atoms with Crippen LogP contribution >= 0.6 is 0 Å². The monoisotopic (exact) mass is 491 g/mol. The summed E-state index contributed by atoms with van der Waals surface area (Å²) in [6, 6.07) is 2.26. The van der Waals surface area contributed by atoms with Gasteiger partial charge in [-0.05, 0) is 69.4 Å². The number of piperazine rings is 1. The minimum absolute atomic E-state index is 0.0852. The molecule has 3 aromatic rings. The maximum absolute atomic E-state index is 13.0. The third-order valence-electron chi connectivity index (χ3n) is 9.24. The number of aromatic amines is 1. The van der Waals surface area contributed by atoms with E-state index in [1.54, 1.807) is 11.1 Å². The van der Waals surface area contributed by atoms with Crippen LogP contribution < -0.4 is 5.32 Å². The van der Waals surface area contributed by atoms with Crippen molar-refractivity contribution in [3.8, 4) is 11.5 Å². The smallest absolute Gasteiger partial charge is 0.295 e. The molecule has 3 unspecified atom stereocenters. The highest BCUT2D eigenvalue weighted by atomic mass is 16.5. The van der Waals surface area contributed by atoms with Crippen LogP contribution in [-0.4, -0.2) is 85.8 Å². The second kappa shape index (κ2) is 8.27. The maximum Gasteiger partial charge on any atom is 0.295 e. The van der Waals surface area contributed by atoms with Gasteiger partial charge in [-0.1, -0.05) is 5.16 Å². The fourth-order valence-corrected chi connectivity index (χ4v) is 7.29. The quantitative estimate of drug-likeness (QED) is 0.509. The Labute approximate surface area is 209 Å². The number of amides is 1. The summed E-state index contributed by atoms with van der Waals surface area (Å²) in [5.74, 6) is 1.57. The summed E-state index contributed by atoms with van der Waals surface area (Å²) in [4.78, 5) is 29.3. The molecule has 10 nitrogen and oxygen atoms in total. The van der Waals surface area contributed by atoms with E-state index in [-0.39, 0.29) is 17.8 Å². The number of pyridine rings is 1. The Bertz CT molecular complexity index is 1300. The summed E-state index contributed by atoms with van der Waals surface area (Å²) in [6.45, 7) is 2.97. The Morgan fingerprint density at radius 1 is 1.22 bits per heavy atom. The Balaban J connectivity index is 1.20. The van der Waals surface area contributed by atoms with Crippen LogP contribution in [0.25, 0.3) is 22.5 Å².